The van der Waals surface area contributed by atoms with Gasteiger partial charge in [0.25, 0.3) is 5.56 Å². The first-order valence-electron chi connectivity index (χ1n) is 11.4. The molecule has 4 nitrogen and oxygen atoms in total. The minimum atomic E-state index is -0.107. The van der Waals surface area contributed by atoms with Crippen LogP contribution < -0.4 is 10.9 Å². The van der Waals surface area contributed by atoms with Gasteiger partial charge in [-0.15, -0.1) is 0 Å². The Bertz CT molecular complexity index is 927. The van der Waals surface area contributed by atoms with E-state index in [1.807, 2.05) is 13.0 Å². The summed E-state index contributed by atoms with van der Waals surface area (Å²) in [5.41, 5.74) is 6.62. The summed E-state index contributed by atoms with van der Waals surface area (Å²) in [6.45, 7) is 11.6. The Kier molecular flexibility index (Phi) is 7.54. The quantitative estimate of drug-likeness (QED) is 0.590. The van der Waals surface area contributed by atoms with E-state index in [0.717, 1.165) is 17.2 Å². The van der Waals surface area contributed by atoms with Crippen LogP contribution in [0, 0.1) is 11.3 Å². The van der Waals surface area contributed by atoms with Gasteiger partial charge in [-0.3, -0.25) is 15.0 Å². The molecular formula is C26H38N3O+. The van der Waals surface area contributed by atoms with Crippen molar-refractivity contribution in [2.45, 2.75) is 59.8 Å². The zero-order chi connectivity index (χ0) is 21.6. The first-order chi connectivity index (χ1) is 14.3. The molecule has 0 radical (unpaired) electrons. The number of H-pyrrole nitrogens is 2. The van der Waals surface area contributed by atoms with E-state index in [9.17, 15) is 4.79 Å². The molecule has 0 unspecified atom stereocenters. The van der Waals surface area contributed by atoms with E-state index in [1.54, 1.807) is 17.2 Å². The minimum Gasteiger partial charge on any atom is -0.346 e. The second-order valence-corrected chi connectivity index (χ2v) is 9.52. The lowest BCUT2D eigenvalue weighted by atomic mass is 9.68. The summed E-state index contributed by atoms with van der Waals surface area (Å²) in [7, 11) is 0. The maximum atomic E-state index is 11.2. The van der Waals surface area contributed by atoms with Crippen molar-refractivity contribution in [3.63, 3.8) is 0 Å². The van der Waals surface area contributed by atoms with Gasteiger partial charge in [-0.2, -0.15) is 0 Å². The number of nitrogens with one attached hydrogen (secondary N) is 2. The molecule has 4 heteroatoms. The topological polar surface area (TPSA) is 65.3 Å². The van der Waals surface area contributed by atoms with Crippen molar-refractivity contribution in [1.29, 1.82) is 0 Å². The summed E-state index contributed by atoms with van der Waals surface area (Å²) >= 11 is 0. The van der Waals surface area contributed by atoms with Crippen LogP contribution in [-0.4, -0.2) is 23.3 Å². The summed E-state index contributed by atoms with van der Waals surface area (Å²) in [5.74, 6) is 0.783. The Hall–Kier alpha value is -2.33. The molecule has 1 saturated heterocycles. The number of hydrogen-bond acceptors (Lipinski definition) is 1. The van der Waals surface area contributed by atoms with Crippen molar-refractivity contribution in [1.82, 2.24) is 10.2 Å². The van der Waals surface area contributed by atoms with E-state index in [2.05, 4.69) is 66.7 Å². The summed E-state index contributed by atoms with van der Waals surface area (Å²) in [6, 6.07) is 1.56. The van der Waals surface area contributed by atoms with Crippen LogP contribution in [0.25, 0.3) is 6.08 Å². The molecule has 1 aliphatic carbocycles. The molecule has 3 rings (SSSR count). The predicted molar refractivity (Wildman–Crippen MR) is 126 cm³/mol. The Balaban J connectivity index is 1.73. The predicted octanol–water partition coefficient (Wildman–Crippen LogP) is 4.65. The molecule has 4 N–H and O–H groups in total. The molecule has 162 valence electrons. The van der Waals surface area contributed by atoms with Crippen molar-refractivity contribution >= 4 is 6.08 Å². The van der Waals surface area contributed by atoms with Gasteiger partial charge in [0.1, 0.15) is 0 Å². The highest BCUT2D eigenvalue weighted by molar-refractivity contribution is 5.51. The number of hydrogen-bond donors (Lipinski definition) is 3. The molecule has 0 spiro atoms. The minimum absolute atomic E-state index is 0.107. The van der Waals surface area contributed by atoms with E-state index >= 15 is 0 Å². The fourth-order valence-electron chi connectivity index (χ4n) is 4.80. The molecule has 0 saturated carbocycles. The smallest absolute Gasteiger partial charge is 0.264 e. The standard InChI is InChI=1S/C26H37N3O/c1-19(7-5-8-20(2)17-22-18-25(30)29-28-22)10-11-24-23(9-6-14-26(24,3)4)21-12-15-27-16-13-21/h5,7-8,10-11,17-18,21,27H,6,9,12-16H2,1-4H3,(H2,28,29,30)/p+1/b8-5+,11-10+,19-7+,20-17+. The first-order valence-corrected chi connectivity index (χ1v) is 11.4. The van der Waals surface area contributed by atoms with Crippen LogP contribution in [-0.2, 0) is 0 Å². The van der Waals surface area contributed by atoms with Gasteiger partial charge in [-0.25, -0.2) is 0 Å². The van der Waals surface area contributed by atoms with Crippen molar-refractivity contribution in [2.24, 2.45) is 11.3 Å². The molecule has 2 aliphatic rings. The van der Waals surface area contributed by atoms with Crippen molar-refractivity contribution in [2.75, 3.05) is 13.1 Å². The number of aromatic nitrogens is 2. The summed E-state index contributed by atoms with van der Waals surface area (Å²) in [6.07, 6.45) is 19.5. The van der Waals surface area contributed by atoms with Gasteiger partial charge in [-0.1, -0.05) is 55.4 Å². The highest BCUT2D eigenvalue weighted by atomic mass is 16.1. The van der Waals surface area contributed by atoms with E-state index in [0.29, 0.717) is 0 Å². The van der Waals surface area contributed by atoms with Crippen LogP contribution in [0.15, 0.2) is 63.5 Å². The Morgan fingerprint density at radius 2 is 1.90 bits per heavy atom. The van der Waals surface area contributed by atoms with Crippen LogP contribution >= 0.6 is 0 Å². The van der Waals surface area contributed by atoms with E-state index in [-0.39, 0.29) is 11.0 Å². The van der Waals surface area contributed by atoms with E-state index in [4.69, 9.17) is 0 Å². The molecule has 1 fully saturated rings. The van der Waals surface area contributed by atoms with Crippen molar-refractivity contribution in [3.05, 3.63) is 74.8 Å². The molecular weight excluding hydrogens is 370 g/mol. The average Bonchev–Trinajstić information content (AvgIpc) is 3.11. The first kappa shape index (κ1) is 22.4. The lowest BCUT2D eigenvalue weighted by molar-refractivity contribution is -0.664. The molecule has 1 aliphatic heterocycles. The zero-order valence-electron chi connectivity index (χ0n) is 19.1. The van der Waals surface area contributed by atoms with Gasteiger partial charge in [0, 0.05) is 18.9 Å². The highest BCUT2D eigenvalue weighted by Gasteiger charge is 2.32. The normalized spacial score (nSPS) is 21.9. The number of allylic oxidation sites excluding steroid dienone is 9. The van der Waals surface area contributed by atoms with E-state index < -0.39 is 0 Å². The highest BCUT2D eigenvalue weighted by Crippen LogP contribution is 2.44. The Morgan fingerprint density at radius 3 is 2.60 bits per heavy atom. The van der Waals surface area contributed by atoms with E-state index in [1.165, 1.54) is 50.8 Å². The van der Waals surface area contributed by atoms with Gasteiger partial charge in [-0.05, 0) is 61.7 Å². The monoisotopic (exact) mass is 408 g/mol. The average molecular weight is 409 g/mol. The maximum absolute atomic E-state index is 11.2. The van der Waals surface area contributed by atoms with Crippen molar-refractivity contribution in [3.8, 4) is 0 Å². The zero-order valence-corrected chi connectivity index (χ0v) is 19.1. The molecule has 0 atom stereocenters. The van der Waals surface area contributed by atoms with Gasteiger partial charge in [0.05, 0.1) is 18.8 Å². The second kappa shape index (κ2) is 10.1. The van der Waals surface area contributed by atoms with Gasteiger partial charge >= 0.3 is 0 Å². The third-order valence-electron chi connectivity index (χ3n) is 6.49. The third kappa shape index (κ3) is 6.09. The SMILES string of the molecule is CC(/C=C/C1=C(C2CC[NH2+]CC2)CCCC1(C)C)=C\C=C\C(C)=C\c1cc(=O)[nH][nH]1. The molecule has 0 aromatic carbocycles. The molecule has 30 heavy (non-hydrogen) atoms. The number of rotatable bonds is 6. The summed E-state index contributed by atoms with van der Waals surface area (Å²) in [4.78, 5) is 11.2. The number of quaternary nitrogens is 1. The van der Waals surface area contributed by atoms with Crippen LogP contribution in [0.2, 0.25) is 0 Å². The van der Waals surface area contributed by atoms with Gasteiger partial charge < -0.3 is 5.32 Å². The Morgan fingerprint density at radius 1 is 1.13 bits per heavy atom. The second-order valence-electron chi connectivity index (χ2n) is 9.52. The molecule has 1 aromatic rings. The third-order valence-corrected chi connectivity index (χ3v) is 6.49. The van der Waals surface area contributed by atoms with Crippen molar-refractivity contribution < 1.29 is 5.32 Å². The van der Waals surface area contributed by atoms with Crippen LogP contribution in [0.5, 0.6) is 0 Å². The lowest BCUT2D eigenvalue weighted by Gasteiger charge is -2.37. The van der Waals surface area contributed by atoms with Crippen LogP contribution in [0.4, 0.5) is 0 Å². The molecule has 2 heterocycles. The van der Waals surface area contributed by atoms with Gasteiger partial charge in [0.15, 0.2) is 0 Å². The maximum Gasteiger partial charge on any atom is 0.264 e. The lowest BCUT2D eigenvalue weighted by Crippen LogP contribution is -2.86. The molecule has 1 aromatic heterocycles. The number of nitrogens with two attached hydrogens (primary N) is 1. The summed E-state index contributed by atoms with van der Waals surface area (Å²) < 4.78 is 0. The molecule has 0 amide bonds. The largest absolute Gasteiger partial charge is 0.346 e. The number of aromatic amines is 2. The van der Waals surface area contributed by atoms with Crippen LogP contribution in [0.3, 0.4) is 0 Å². The van der Waals surface area contributed by atoms with Gasteiger partial charge in [0.2, 0.25) is 0 Å². The Labute approximate surface area is 180 Å². The fraction of sp³-hybridized carbons (Fsp3) is 0.500. The van der Waals surface area contributed by atoms with Crippen LogP contribution in [0.1, 0.15) is 65.5 Å². The summed E-state index contributed by atoms with van der Waals surface area (Å²) in [5, 5.41) is 7.87. The molecule has 0 bridgehead atoms. The fourth-order valence-corrected chi connectivity index (χ4v) is 4.80. The number of piperidine rings is 1.